The third-order valence-electron chi connectivity index (χ3n) is 3.83. The number of piperidine rings is 1. The van der Waals surface area contributed by atoms with E-state index in [0.29, 0.717) is 19.1 Å². The molecule has 5 nitrogen and oxygen atoms in total. The van der Waals surface area contributed by atoms with Gasteiger partial charge < -0.3 is 10.2 Å². The Balaban J connectivity index is 2.36. The third kappa shape index (κ3) is 5.77. The average molecular weight is 291 g/mol. The van der Waals surface area contributed by atoms with Crippen LogP contribution >= 0.6 is 0 Å². The maximum absolute atomic E-state index is 12.1. The van der Waals surface area contributed by atoms with Crippen molar-refractivity contribution in [3.8, 4) is 0 Å². The van der Waals surface area contributed by atoms with Crippen molar-refractivity contribution >= 4 is 10.0 Å². The Morgan fingerprint density at radius 1 is 1.37 bits per heavy atom. The van der Waals surface area contributed by atoms with Gasteiger partial charge in [0.25, 0.3) is 0 Å². The van der Waals surface area contributed by atoms with Crippen LogP contribution in [0.25, 0.3) is 0 Å². The zero-order valence-corrected chi connectivity index (χ0v) is 13.3. The van der Waals surface area contributed by atoms with Crippen molar-refractivity contribution in [1.29, 1.82) is 0 Å². The van der Waals surface area contributed by atoms with Crippen LogP contribution in [-0.4, -0.2) is 57.8 Å². The zero-order chi connectivity index (χ0) is 14.3. The molecule has 1 fully saturated rings. The highest BCUT2D eigenvalue weighted by Gasteiger charge is 2.24. The summed E-state index contributed by atoms with van der Waals surface area (Å²) < 4.78 is 27.0. The molecule has 1 heterocycles. The summed E-state index contributed by atoms with van der Waals surface area (Å²) in [5.41, 5.74) is 0. The Kier molecular flexibility index (Phi) is 7.28. The Morgan fingerprint density at radius 3 is 2.74 bits per heavy atom. The Bertz CT molecular complexity index is 346. The van der Waals surface area contributed by atoms with Crippen LogP contribution in [0.15, 0.2) is 0 Å². The second-order valence-electron chi connectivity index (χ2n) is 5.54. The van der Waals surface area contributed by atoms with Crippen molar-refractivity contribution in [2.45, 2.75) is 50.8 Å². The minimum Gasteiger partial charge on any atom is -0.315 e. The Labute approximate surface area is 118 Å². The smallest absolute Gasteiger partial charge is 0.215 e. The van der Waals surface area contributed by atoms with E-state index in [4.69, 9.17) is 0 Å². The quantitative estimate of drug-likeness (QED) is 0.649. The van der Waals surface area contributed by atoms with Crippen molar-refractivity contribution in [2.75, 3.05) is 33.2 Å². The van der Waals surface area contributed by atoms with Crippen LogP contribution in [0.5, 0.6) is 0 Å². The molecule has 0 aromatic carbocycles. The second-order valence-corrected chi connectivity index (χ2v) is 7.72. The number of likely N-dealkylation sites (N-methyl/N-ethyl adjacent to an activating group) is 1. The summed E-state index contributed by atoms with van der Waals surface area (Å²) in [6.45, 7) is 6.82. The fourth-order valence-electron chi connectivity index (χ4n) is 2.35. The number of hydrogen-bond acceptors (Lipinski definition) is 4. The number of sulfonamides is 1. The van der Waals surface area contributed by atoms with E-state index in [9.17, 15) is 8.42 Å². The summed E-state index contributed by atoms with van der Waals surface area (Å²) in [7, 11) is -1.13. The van der Waals surface area contributed by atoms with Crippen molar-refractivity contribution in [3.63, 3.8) is 0 Å². The van der Waals surface area contributed by atoms with Crippen LogP contribution < -0.4 is 10.0 Å². The first kappa shape index (κ1) is 16.9. The van der Waals surface area contributed by atoms with Crippen LogP contribution in [0.4, 0.5) is 0 Å². The van der Waals surface area contributed by atoms with Crippen molar-refractivity contribution in [1.82, 2.24) is 14.9 Å². The Morgan fingerprint density at radius 2 is 2.11 bits per heavy atom. The summed E-state index contributed by atoms with van der Waals surface area (Å²) >= 11 is 0. The normalized spacial score (nSPS) is 23.4. The van der Waals surface area contributed by atoms with Gasteiger partial charge in [0, 0.05) is 19.1 Å². The van der Waals surface area contributed by atoms with Gasteiger partial charge in [-0.15, -0.1) is 0 Å². The lowest BCUT2D eigenvalue weighted by atomic mass is 10.0. The molecule has 0 aliphatic carbocycles. The van der Waals surface area contributed by atoms with Gasteiger partial charge in [0.2, 0.25) is 10.0 Å². The maximum Gasteiger partial charge on any atom is 0.215 e. The highest BCUT2D eigenvalue weighted by atomic mass is 32.2. The van der Waals surface area contributed by atoms with E-state index < -0.39 is 10.0 Å². The number of nitrogens with zero attached hydrogens (tertiary/aromatic N) is 1. The molecule has 0 aromatic rings. The lowest BCUT2D eigenvalue weighted by Gasteiger charge is -2.32. The largest absolute Gasteiger partial charge is 0.315 e. The topological polar surface area (TPSA) is 61.4 Å². The van der Waals surface area contributed by atoms with E-state index in [2.05, 4.69) is 28.9 Å². The molecular weight excluding hydrogens is 262 g/mol. The first-order valence-electron chi connectivity index (χ1n) is 7.36. The number of likely N-dealkylation sites (tertiary alicyclic amines) is 1. The van der Waals surface area contributed by atoms with E-state index in [-0.39, 0.29) is 5.25 Å². The molecule has 0 amide bonds. The van der Waals surface area contributed by atoms with E-state index in [1.807, 2.05) is 0 Å². The highest BCUT2D eigenvalue weighted by molar-refractivity contribution is 7.90. The SMILES string of the molecule is CCCNCC(C)S(=O)(=O)NCC1CCCCN1C. The predicted octanol–water partition coefficient (Wildman–Crippen LogP) is 0.778. The monoisotopic (exact) mass is 291 g/mol. The molecule has 0 bridgehead atoms. The fraction of sp³-hybridized carbons (Fsp3) is 1.00. The van der Waals surface area contributed by atoms with Crippen LogP contribution in [-0.2, 0) is 10.0 Å². The van der Waals surface area contributed by atoms with Crippen LogP contribution in [0, 0.1) is 0 Å². The van der Waals surface area contributed by atoms with Gasteiger partial charge in [-0.25, -0.2) is 13.1 Å². The molecule has 114 valence electrons. The molecule has 0 aromatic heterocycles. The first-order chi connectivity index (χ1) is 8.97. The summed E-state index contributed by atoms with van der Waals surface area (Å²) in [5.74, 6) is 0. The molecular formula is C13H29N3O2S. The second kappa shape index (κ2) is 8.19. The molecule has 0 spiro atoms. The van der Waals surface area contributed by atoms with Gasteiger partial charge in [0.1, 0.15) is 0 Å². The summed E-state index contributed by atoms with van der Waals surface area (Å²) in [4.78, 5) is 2.26. The van der Waals surface area contributed by atoms with Gasteiger partial charge in [0.05, 0.1) is 5.25 Å². The van der Waals surface area contributed by atoms with E-state index in [0.717, 1.165) is 25.9 Å². The lowest BCUT2D eigenvalue weighted by Crippen LogP contribution is -2.47. The van der Waals surface area contributed by atoms with Gasteiger partial charge >= 0.3 is 0 Å². The van der Waals surface area contributed by atoms with Gasteiger partial charge in [-0.2, -0.15) is 0 Å². The van der Waals surface area contributed by atoms with Gasteiger partial charge in [-0.1, -0.05) is 13.3 Å². The average Bonchev–Trinajstić information content (AvgIpc) is 2.38. The molecule has 2 unspecified atom stereocenters. The van der Waals surface area contributed by atoms with E-state index in [1.165, 1.54) is 12.8 Å². The molecule has 6 heteroatoms. The van der Waals surface area contributed by atoms with Crippen LogP contribution in [0.3, 0.4) is 0 Å². The molecule has 1 saturated heterocycles. The number of hydrogen-bond donors (Lipinski definition) is 2. The summed E-state index contributed by atoms with van der Waals surface area (Å²) in [6, 6.07) is 0.347. The molecule has 1 aliphatic heterocycles. The molecule has 19 heavy (non-hydrogen) atoms. The molecule has 0 saturated carbocycles. The van der Waals surface area contributed by atoms with Gasteiger partial charge in [-0.3, -0.25) is 0 Å². The first-order valence-corrected chi connectivity index (χ1v) is 8.91. The van der Waals surface area contributed by atoms with Crippen LogP contribution in [0.2, 0.25) is 0 Å². The lowest BCUT2D eigenvalue weighted by molar-refractivity contribution is 0.187. The van der Waals surface area contributed by atoms with Crippen LogP contribution in [0.1, 0.15) is 39.5 Å². The summed E-state index contributed by atoms with van der Waals surface area (Å²) in [6.07, 6.45) is 4.52. The minimum atomic E-state index is -3.20. The van der Waals surface area contributed by atoms with Gasteiger partial charge in [0.15, 0.2) is 0 Å². The third-order valence-corrected chi connectivity index (χ3v) is 5.63. The van der Waals surface area contributed by atoms with E-state index in [1.54, 1.807) is 6.92 Å². The molecule has 0 radical (unpaired) electrons. The fourth-order valence-corrected chi connectivity index (χ4v) is 3.39. The molecule has 2 N–H and O–H groups in total. The highest BCUT2D eigenvalue weighted by Crippen LogP contribution is 2.14. The number of nitrogens with one attached hydrogen (secondary N) is 2. The zero-order valence-electron chi connectivity index (χ0n) is 12.5. The minimum absolute atomic E-state index is 0.347. The number of rotatable bonds is 8. The van der Waals surface area contributed by atoms with Crippen molar-refractivity contribution in [2.24, 2.45) is 0 Å². The molecule has 1 aliphatic rings. The van der Waals surface area contributed by atoms with Crippen molar-refractivity contribution < 1.29 is 8.42 Å². The predicted molar refractivity (Wildman–Crippen MR) is 79.8 cm³/mol. The standard InChI is InChI=1S/C13H29N3O2S/c1-4-8-14-10-12(2)19(17,18)15-11-13-7-5-6-9-16(13)3/h12-15H,4-11H2,1-3H3. The maximum atomic E-state index is 12.1. The van der Waals surface area contributed by atoms with E-state index >= 15 is 0 Å². The van der Waals surface area contributed by atoms with Gasteiger partial charge in [-0.05, 0) is 46.3 Å². The van der Waals surface area contributed by atoms with Crippen molar-refractivity contribution in [3.05, 3.63) is 0 Å². The Hall–Kier alpha value is -0.170. The molecule has 2 atom stereocenters. The summed E-state index contributed by atoms with van der Waals surface area (Å²) in [5, 5.41) is 2.78. The molecule has 1 rings (SSSR count).